The largest absolute Gasteiger partial charge is 0.492 e. The van der Waals surface area contributed by atoms with Gasteiger partial charge in [0, 0.05) is 37.0 Å². The molecule has 1 aromatic heterocycles. The molecule has 1 unspecified atom stereocenters. The fourth-order valence-electron chi connectivity index (χ4n) is 3.73. The van der Waals surface area contributed by atoms with Crippen molar-refractivity contribution >= 4 is 15.8 Å². The van der Waals surface area contributed by atoms with Gasteiger partial charge in [-0.15, -0.1) is 0 Å². The van der Waals surface area contributed by atoms with E-state index in [4.69, 9.17) is 10.5 Å². The van der Waals surface area contributed by atoms with Crippen LogP contribution in [0.1, 0.15) is 18.4 Å². The molecule has 4 rings (SSSR count). The zero-order valence-electron chi connectivity index (χ0n) is 16.3. The van der Waals surface area contributed by atoms with E-state index in [2.05, 4.69) is 20.3 Å². The maximum Gasteiger partial charge on any atom is 0.244 e. The third kappa shape index (κ3) is 4.69. The minimum atomic E-state index is -3.75. The van der Waals surface area contributed by atoms with E-state index >= 15 is 0 Å². The van der Waals surface area contributed by atoms with E-state index in [1.54, 1.807) is 12.3 Å². The fourth-order valence-corrected chi connectivity index (χ4v) is 4.95. The standard InChI is InChI=1S/C20H27N5O3S/c21-20-19(29(26,27)25-11-14-2-1-5-22-10-14)9-16(13-24-20)15-3-4-18-17(8-15)12-23-6-7-28-18/h3-4,8-9,13-14,22-23,25H,1-2,5-7,10-12H2,(H2,21,24). The molecule has 1 atom stereocenters. The van der Waals surface area contributed by atoms with Crippen LogP contribution in [0, 0.1) is 5.92 Å². The van der Waals surface area contributed by atoms with Crippen molar-refractivity contribution in [1.29, 1.82) is 0 Å². The van der Waals surface area contributed by atoms with Gasteiger partial charge in [-0.25, -0.2) is 18.1 Å². The second-order valence-corrected chi connectivity index (χ2v) is 9.25. The summed E-state index contributed by atoms with van der Waals surface area (Å²) in [7, 11) is -3.75. The predicted molar refractivity (Wildman–Crippen MR) is 112 cm³/mol. The average Bonchev–Trinajstić information content (AvgIpc) is 2.98. The number of pyridine rings is 1. The molecule has 8 nitrogen and oxygen atoms in total. The van der Waals surface area contributed by atoms with Crippen LogP contribution in [0.3, 0.4) is 0 Å². The highest BCUT2D eigenvalue weighted by Crippen LogP contribution is 2.30. The minimum absolute atomic E-state index is 0.00257. The molecule has 0 spiro atoms. The summed E-state index contributed by atoms with van der Waals surface area (Å²) < 4.78 is 34.2. The van der Waals surface area contributed by atoms with Gasteiger partial charge < -0.3 is 21.1 Å². The molecule has 1 fully saturated rings. The number of fused-ring (bicyclic) bond motifs is 1. The normalized spacial score (nSPS) is 19.8. The second kappa shape index (κ2) is 8.66. The third-order valence-corrected chi connectivity index (χ3v) is 6.83. The van der Waals surface area contributed by atoms with Crippen molar-refractivity contribution in [3.05, 3.63) is 36.0 Å². The first-order valence-electron chi connectivity index (χ1n) is 9.95. The number of piperidine rings is 1. The number of anilines is 1. The van der Waals surface area contributed by atoms with Crippen molar-refractivity contribution in [1.82, 2.24) is 20.3 Å². The molecule has 2 aliphatic rings. The Kier molecular flexibility index (Phi) is 6.00. The van der Waals surface area contributed by atoms with Crippen LogP contribution in [0.25, 0.3) is 11.1 Å². The van der Waals surface area contributed by atoms with Crippen LogP contribution in [0.15, 0.2) is 35.4 Å². The summed E-state index contributed by atoms with van der Waals surface area (Å²) in [4.78, 5) is 4.16. The number of aromatic nitrogens is 1. The van der Waals surface area contributed by atoms with Gasteiger partial charge in [-0.2, -0.15) is 0 Å². The Balaban J connectivity index is 1.58. The van der Waals surface area contributed by atoms with Crippen LogP contribution >= 0.6 is 0 Å². The lowest BCUT2D eigenvalue weighted by Gasteiger charge is -2.23. The number of nitrogens with one attached hydrogen (secondary N) is 3. The summed E-state index contributed by atoms with van der Waals surface area (Å²) in [5, 5.41) is 6.60. The van der Waals surface area contributed by atoms with Crippen molar-refractivity contribution in [2.75, 3.05) is 38.5 Å². The molecule has 9 heteroatoms. The van der Waals surface area contributed by atoms with E-state index in [-0.39, 0.29) is 16.6 Å². The van der Waals surface area contributed by atoms with Crippen LogP contribution in [0.2, 0.25) is 0 Å². The zero-order chi connectivity index (χ0) is 20.3. The highest BCUT2D eigenvalue weighted by Gasteiger charge is 2.22. The lowest BCUT2D eigenvalue weighted by atomic mass is 10.0. The van der Waals surface area contributed by atoms with Gasteiger partial charge in [0.15, 0.2) is 0 Å². The number of nitrogens with zero attached hydrogens (tertiary/aromatic N) is 1. The van der Waals surface area contributed by atoms with Gasteiger partial charge in [0.1, 0.15) is 23.1 Å². The van der Waals surface area contributed by atoms with Crippen LogP contribution in [0.5, 0.6) is 5.75 Å². The summed E-state index contributed by atoms with van der Waals surface area (Å²) in [5.41, 5.74) is 8.52. The number of nitrogens with two attached hydrogens (primary N) is 1. The minimum Gasteiger partial charge on any atom is -0.492 e. The summed E-state index contributed by atoms with van der Waals surface area (Å²) in [5.74, 6) is 1.13. The molecule has 0 aliphatic carbocycles. The monoisotopic (exact) mass is 417 g/mol. The highest BCUT2D eigenvalue weighted by atomic mass is 32.2. The number of rotatable bonds is 5. The molecule has 0 bridgehead atoms. The van der Waals surface area contributed by atoms with Crippen LogP contribution in [0.4, 0.5) is 5.82 Å². The van der Waals surface area contributed by atoms with Gasteiger partial charge in [-0.1, -0.05) is 6.07 Å². The topological polar surface area (TPSA) is 118 Å². The number of ether oxygens (including phenoxy) is 1. The quantitative estimate of drug-likeness (QED) is 0.575. The second-order valence-electron chi connectivity index (χ2n) is 7.52. The Bertz CT molecular complexity index is 974. The number of nitrogen functional groups attached to an aromatic ring is 1. The molecule has 5 N–H and O–H groups in total. The van der Waals surface area contributed by atoms with Gasteiger partial charge in [0.05, 0.1) is 0 Å². The van der Waals surface area contributed by atoms with Crippen molar-refractivity contribution in [2.45, 2.75) is 24.3 Å². The van der Waals surface area contributed by atoms with Gasteiger partial charge in [0.25, 0.3) is 0 Å². The maximum atomic E-state index is 12.9. The van der Waals surface area contributed by atoms with E-state index in [0.29, 0.717) is 25.3 Å². The summed E-state index contributed by atoms with van der Waals surface area (Å²) in [6, 6.07) is 7.42. The van der Waals surface area contributed by atoms with Gasteiger partial charge >= 0.3 is 0 Å². The molecule has 3 heterocycles. The molecule has 2 aliphatic heterocycles. The molecule has 2 aromatic rings. The van der Waals surface area contributed by atoms with Gasteiger partial charge in [0.2, 0.25) is 10.0 Å². The first-order chi connectivity index (χ1) is 14.0. The van der Waals surface area contributed by atoms with Crippen molar-refractivity contribution in [3.63, 3.8) is 0 Å². The summed E-state index contributed by atoms with van der Waals surface area (Å²) >= 11 is 0. The van der Waals surface area contributed by atoms with Crippen LogP contribution in [-0.4, -0.2) is 46.2 Å². The lowest BCUT2D eigenvalue weighted by Crippen LogP contribution is -2.38. The van der Waals surface area contributed by atoms with Crippen LogP contribution in [-0.2, 0) is 16.6 Å². The summed E-state index contributed by atoms with van der Waals surface area (Å²) in [6.07, 6.45) is 3.67. The number of hydrogen-bond donors (Lipinski definition) is 4. The molecular formula is C20H27N5O3S. The number of hydrogen-bond acceptors (Lipinski definition) is 7. The molecule has 0 saturated carbocycles. The SMILES string of the molecule is Nc1ncc(-c2ccc3c(c2)CNCCO3)cc1S(=O)(=O)NCC1CCCNC1. The molecule has 156 valence electrons. The van der Waals surface area contributed by atoms with E-state index in [0.717, 1.165) is 49.4 Å². The first-order valence-corrected chi connectivity index (χ1v) is 11.4. The third-order valence-electron chi connectivity index (χ3n) is 5.38. The van der Waals surface area contributed by atoms with E-state index in [9.17, 15) is 8.42 Å². The lowest BCUT2D eigenvalue weighted by molar-refractivity contribution is 0.326. The zero-order valence-corrected chi connectivity index (χ0v) is 17.1. The first kappa shape index (κ1) is 20.1. The summed E-state index contributed by atoms with van der Waals surface area (Å²) in [6.45, 7) is 4.32. The molecule has 0 radical (unpaired) electrons. The molecular weight excluding hydrogens is 390 g/mol. The Morgan fingerprint density at radius 1 is 1.21 bits per heavy atom. The smallest absolute Gasteiger partial charge is 0.244 e. The highest BCUT2D eigenvalue weighted by molar-refractivity contribution is 7.89. The van der Waals surface area contributed by atoms with E-state index < -0.39 is 10.0 Å². The molecule has 1 saturated heterocycles. The van der Waals surface area contributed by atoms with Crippen molar-refractivity contribution in [2.24, 2.45) is 5.92 Å². The van der Waals surface area contributed by atoms with Gasteiger partial charge in [-0.05, 0) is 55.6 Å². The molecule has 29 heavy (non-hydrogen) atoms. The maximum absolute atomic E-state index is 12.9. The Morgan fingerprint density at radius 2 is 2.10 bits per heavy atom. The average molecular weight is 418 g/mol. The molecule has 0 amide bonds. The van der Waals surface area contributed by atoms with Crippen LogP contribution < -0.4 is 25.8 Å². The van der Waals surface area contributed by atoms with Gasteiger partial charge in [-0.3, -0.25) is 0 Å². The fraction of sp³-hybridized carbons (Fsp3) is 0.450. The molecule has 1 aromatic carbocycles. The number of benzene rings is 1. The van der Waals surface area contributed by atoms with Crippen molar-refractivity contribution in [3.8, 4) is 16.9 Å². The van der Waals surface area contributed by atoms with E-state index in [1.165, 1.54) is 0 Å². The Labute approximate surface area is 171 Å². The van der Waals surface area contributed by atoms with Crippen molar-refractivity contribution < 1.29 is 13.2 Å². The Hall–Kier alpha value is -2.20. The Morgan fingerprint density at radius 3 is 2.93 bits per heavy atom. The predicted octanol–water partition coefficient (Wildman–Crippen LogP) is 1.09. The number of sulfonamides is 1. The van der Waals surface area contributed by atoms with E-state index in [1.807, 2.05) is 18.2 Å².